The third-order valence-corrected chi connectivity index (χ3v) is 15.7. The Morgan fingerprint density at radius 2 is 0.667 bits per heavy atom. The molecule has 1 nitrogen and oxygen atoms in total. The van der Waals surface area contributed by atoms with Crippen LogP contribution < -0.4 is 32.9 Å². The van der Waals surface area contributed by atoms with Gasteiger partial charge in [-0.15, -0.1) is 0 Å². The minimum Gasteiger partial charge on any atom is -1.00 e. The predicted octanol–water partition coefficient (Wildman–Crippen LogP) is 12.4. The molecule has 0 aliphatic carbocycles. The van der Waals surface area contributed by atoms with E-state index in [4.69, 9.17) is 0 Å². The maximum absolute atomic E-state index is 10.0. The number of carbonyl (C=O) groups excluding carboxylic acids is 1. The Hall–Kier alpha value is -4.00. The third-order valence-electron chi connectivity index (χ3n) is 9.06. The normalized spacial score (nSPS) is 10.3. The first-order valence-corrected chi connectivity index (χ1v) is 24.5. The molecule has 0 spiro atoms. The lowest BCUT2D eigenvalue weighted by Crippen LogP contribution is -3.00. The van der Waals surface area contributed by atoms with Gasteiger partial charge in [0, 0.05) is 24.3 Å². The van der Waals surface area contributed by atoms with E-state index in [2.05, 4.69) is 228 Å². The van der Waals surface area contributed by atoms with Crippen molar-refractivity contribution >= 4 is 105 Å². The zero-order chi connectivity index (χ0) is 41.5. The van der Waals surface area contributed by atoms with E-state index in [0.717, 1.165) is 36.8 Å². The average molecular weight is 1130 g/mol. The van der Waals surface area contributed by atoms with Crippen molar-refractivity contribution in [2.24, 2.45) is 0 Å². The van der Waals surface area contributed by atoms with Crippen LogP contribution in [-0.4, -0.2) is 6.29 Å². The number of alkyl halides is 1. The number of hydrogen-bond donors (Lipinski definition) is 0. The molecule has 8 aromatic rings. The SMILES string of the molecule is BrCc1ccc(Br)cc1.Brc1ccc(/C=C/c2ccccc2)cc1.Brc1ccc(C[P+](c2ccccc2)(c2ccccc2)c2ccccc2)cc1.O=Cc1ccccc1.[Br-]. The molecule has 0 unspecified atom stereocenters. The minimum absolute atomic E-state index is 0. The van der Waals surface area contributed by atoms with Crippen molar-refractivity contribution < 1.29 is 21.8 Å². The van der Waals surface area contributed by atoms with E-state index in [1.54, 1.807) is 12.1 Å². The summed E-state index contributed by atoms with van der Waals surface area (Å²) >= 11 is 13.7. The molecule has 8 aromatic carbocycles. The van der Waals surface area contributed by atoms with E-state index in [9.17, 15) is 4.79 Å². The average Bonchev–Trinajstić information content (AvgIpc) is 3.31. The highest BCUT2D eigenvalue weighted by atomic mass is 79.9. The van der Waals surface area contributed by atoms with Gasteiger partial charge in [0.2, 0.25) is 0 Å². The van der Waals surface area contributed by atoms with E-state index < -0.39 is 7.26 Å². The first-order chi connectivity index (χ1) is 28.9. The lowest BCUT2D eigenvalue weighted by molar-refractivity contribution is -0.0000173. The summed E-state index contributed by atoms with van der Waals surface area (Å²) in [6, 6.07) is 77.8. The monoisotopic (exact) mass is 1120 g/mol. The molecule has 0 aliphatic heterocycles. The van der Waals surface area contributed by atoms with Crippen LogP contribution in [0.15, 0.2) is 238 Å². The lowest BCUT2D eigenvalue weighted by Gasteiger charge is -2.27. The van der Waals surface area contributed by atoms with Gasteiger partial charge >= 0.3 is 0 Å². The minimum atomic E-state index is -1.81. The summed E-state index contributed by atoms with van der Waals surface area (Å²) in [5.74, 6) is 0. The maximum Gasteiger partial charge on any atom is 0.150 e. The summed E-state index contributed by atoms with van der Waals surface area (Å²) < 4.78 is 3.36. The molecule has 0 bridgehead atoms. The van der Waals surface area contributed by atoms with Gasteiger partial charge in [0.25, 0.3) is 0 Å². The molecule has 0 aliphatic rings. The number of carbonyl (C=O) groups is 1. The third kappa shape index (κ3) is 15.8. The molecule has 0 aromatic heterocycles. The fourth-order valence-electron chi connectivity index (χ4n) is 6.07. The summed E-state index contributed by atoms with van der Waals surface area (Å²) in [6.07, 6.45) is 6.07. The van der Waals surface area contributed by atoms with Gasteiger partial charge in [-0.05, 0) is 95.1 Å². The van der Waals surface area contributed by atoms with Crippen molar-refractivity contribution in [2.75, 3.05) is 0 Å². The van der Waals surface area contributed by atoms with E-state index >= 15 is 0 Å². The molecule has 0 radical (unpaired) electrons. The van der Waals surface area contributed by atoms with Gasteiger partial charge in [-0.3, -0.25) is 4.79 Å². The van der Waals surface area contributed by atoms with Crippen LogP contribution in [0.5, 0.6) is 0 Å². The quantitative estimate of drug-likeness (QED) is 0.0609. The van der Waals surface area contributed by atoms with Gasteiger partial charge in [0.05, 0.1) is 6.16 Å². The molecular formula is C53H44Br5OP. The fraction of sp³-hybridized carbons (Fsp3) is 0.0377. The molecule has 0 amide bonds. The highest BCUT2D eigenvalue weighted by Crippen LogP contribution is 2.58. The highest BCUT2D eigenvalue weighted by molar-refractivity contribution is 9.11. The van der Waals surface area contributed by atoms with Crippen LogP contribution in [0.3, 0.4) is 0 Å². The topological polar surface area (TPSA) is 17.1 Å². The summed E-state index contributed by atoms with van der Waals surface area (Å²) in [4.78, 5) is 10.0. The van der Waals surface area contributed by atoms with E-state index in [0.29, 0.717) is 0 Å². The van der Waals surface area contributed by atoms with Crippen LogP contribution in [0.1, 0.15) is 32.6 Å². The summed E-state index contributed by atoms with van der Waals surface area (Å²) in [5.41, 5.74) is 5.83. The van der Waals surface area contributed by atoms with Crippen molar-refractivity contribution in [3.8, 4) is 0 Å². The molecule has 0 fully saturated rings. The Labute approximate surface area is 400 Å². The van der Waals surface area contributed by atoms with Crippen molar-refractivity contribution in [2.45, 2.75) is 11.5 Å². The Morgan fingerprint density at radius 3 is 1.00 bits per heavy atom. The van der Waals surface area contributed by atoms with Gasteiger partial charge in [0.15, 0.2) is 0 Å². The van der Waals surface area contributed by atoms with Gasteiger partial charge in [0.1, 0.15) is 29.5 Å². The molecule has 7 heteroatoms. The van der Waals surface area contributed by atoms with Crippen molar-refractivity contribution in [1.82, 2.24) is 0 Å². The highest BCUT2D eigenvalue weighted by Gasteiger charge is 2.45. The molecule has 60 heavy (non-hydrogen) atoms. The van der Waals surface area contributed by atoms with E-state index in [1.807, 2.05) is 60.7 Å². The molecule has 0 N–H and O–H groups in total. The molecule has 0 saturated carbocycles. The number of aldehydes is 1. The van der Waals surface area contributed by atoms with Gasteiger partial charge in [-0.2, -0.15) is 0 Å². The fourth-order valence-corrected chi connectivity index (χ4v) is 11.5. The van der Waals surface area contributed by atoms with E-state index in [1.165, 1.54) is 38.2 Å². The standard InChI is InChI=1S/C25H21BrP.C14H11Br.C7H6Br2.C7H6O.BrH/c26-22-18-16-21(17-19-22)20-27(23-10-4-1-5-11-23,24-12-6-2-7-13-24)25-14-8-3-9-15-25;15-14-10-8-13(9-11-14)7-6-12-4-2-1-3-5-12;8-5-6-1-3-7(9)4-2-6;8-6-7-4-2-1-3-5-7;/h1-19H,20H2;1-11H;1-4H,5H2;1-6H;1H/q+1;;;;/p-1/b;7-6+;;;. The number of rotatable bonds is 9. The molecule has 0 heterocycles. The molecule has 0 saturated heterocycles. The Balaban J connectivity index is 0.000000201. The van der Waals surface area contributed by atoms with Gasteiger partial charge in [-0.1, -0.05) is 228 Å². The van der Waals surface area contributed by atoms with Gasteiger partial charge < -0.3 is 17.0 Å². The first-order valence-electron chi connectivity index (χ1n) is 19.0. The zero-order valence-electron chi connectivity index (χ0n) is 32.8. The Kier molecular flexibility index (Phi) is 21.9. The molecule has 302 valence electrons. The predicted molar refractivity (Wildman–Crippen MR) is 271 cm³/mol. The van der Waals surface area contributed by atoms with Crippen LogP contribution in [0.25, 0.3) is 12.2 Å². The zero-order valence-corrected chi connectivity index (χ0v) is 41.6. The second-order valence-corrected chi connectivity index (χ2v) is 20.0. The van der Waals surface area contributed by atoms with Crippen molar-refractivity contribution in [1.29, 1.82) is 0 Å². The van der Waals surface area contributed by atoms with Crippen LogP contribution >= 0.6 is 71.0 Å². The van der Waals surface area contributed by atoms with Gasteiger partial charge in [-0.25, -0.2) is 0 Å². The first kappa shape index (κ1) is 48.7. The second kappa shape index (κ2) is 27.1. The largest absolute Gasteiger partial charge is 1.00 e. The molecule has 8 rings (SSSR count). The van der Waals surface area contributed by atoms with E-state index in [-0.39, 0.29) is 17.0 Å². The molecular weight excluding hydrogens is 1080 g/mol. The van der Waals surface area contributed by atoms with Crippen LogP contribution in [0.2, 0.25) is 0 Å². The summed E-state index contributed by atoms with van der Waals surface area (Å²) in [7, 11) is -1.81. The van der Waals surface area contributed by atoms with Crippen molar-refractivity contribution in [3.05, 3.63) is 266 Å². The second-order valence-electron chi connectivity index (χ2n) is 13.2. The van der Waals surface area contributed by atoms with Crippen molar-refractivity contribution in [3.63, 3.8) is 0 Å². The smallest absolute Gasteiger partial charge is 0.150 e. The van der Waals surface area contributed by atoms with Crippen LogP contribution in [0, 0.1) is 0 Å². The Bertz CT molecular complexity index is 2300. The number of halogens is 5. The number of hydrogen-bond acceptors (Lipinski definition) is 1. The number of benzene rings is 8. The summed E-state index contributed by atoms with van der Waals surface area (Å²) in [5, 5.41) is 5.20. The summed E-state index contributed by atoms with van der Waals surface area (Å²) in [6.45, 7) is 0. The van der Waals surface area contributed by atoms with Crippen LogP contribution in [0.4, 0.5) is 0 Å². The molecule has 0 atom stereocenters. The lowest BCUT2D eigenvalue weighted by atomic mass is 10.1. The van der Waals surface area contributed by atoms with Crippen LogP contribution in [-0.2, 0) is 11.5 Å². The Morgan fingerprint density at radius 1 is 0.367 bits per heavy atom. The maximum atomic E-state index is 10.0.